The SMILES string of the molecule is CCN(CCC(O)c1ccc(C)cc1)c1ccc(F)cc1. The first kappa shape index (κ1) is 15.5. The smallest absolute Gasteiger partial charge is 0.123 e. The highest BCUT2D eigenvalue weighted by atomic mass is 19.1. The lowest BCUT2D eigenvalue weighted by atomic mass is 10.0. The van der Waals surface area contributed by atoms with E-state index < -0.39 is 6.10 Å². The lowest BCUT2D eigenvalue weighted by molar-refractivity contribution is 0.169. The molecule has 1 N–H and O–H groups in total. The zero-order valence-corrected chi connectivity index (χ0v) is 12.6. The Morgan fingerprint density at radius 2 is 1.67 bits per heavy atom. The molecular formula is C18H22FNO. The second-order valence-corrected chi connectivity index (χ2v) is 5.27. The number of nitrogens with zero attached hydrogens (tertiary/aromatic N) is 1. The minimum Gasteiger partial charge on any atom is -0.388 e. The predicted molar refractivity (Wildman–Crippen MR) is 85.0 cm³/mol. The van der Waals surface area contributed by atoms with E-state index in [-0.39, 0.29) is 5.82 Å². The van der Waals surface area contributed by atoms with E-state index >= 15 is 0 Å². The minimum absolute atomic E-state index is 0.227. The molecule has 2 aromatic rings. The Bertz CT molecular complexity index is 550. The van der Waals surface area contributed by atoms with Crippen LogP contribution in [0.5, 0.6) is 0 Å². The molecule has 0 aliphatic heterocycles. The minimum atomic E-state index is -0.472. The van der Waals surface area contributed by atoms with Crippen molar-refractivity contribution in [1.82, 2.24) is 0 Å². The van der Waals surface area contributed by atoms with E-state index in [1.807, 2.05) is 31.2 Å². The Hall–Kier alpha value is -1.87. The first-order valence-corrected chi connectivity index (χ1v) is 7.35. The molecule has 2 aromatic carbocycles. The fourth-order valence-electron chi connectivity index (χ4n) is 2.36. The lowest BCUT2D eigenvalue weighted by Gasteiger charge is -2.24. The molecule has 2 rings (SSSR count). The number of aryl methyl sites for hydroxylation is 1. The van der Waals surface area contributed by atoms with Crippen LogP contribution in [-0.2, 0) is 0 Å². The predicted octanol–water partition coefficient (Wildman–Crippen LogP) is 4.08. The second kappa shape index (κ2) is 7.23. The summed E-state index contributed by atoms with van der Waals surface area (Å²) in [6.45, 7) is 5.65. The number of aliphatic hydroxyl groups excluding tert-OH is 1. The Labute approximate surface area is 125 Å². The Morgan fingerprint density at radius 3 is 2.24 bits per heavy atom. The van der Waals surface area contributed by atoms with E-state index in [1.54, 1.807) is 12.1 Å². The Kier molecular flexibility index (Phi) is 5.34. The normalized spacial score (nSPS) is 12.2. The first-order chi connectivity index (χ1) is 10.1. The van der Waals surface area contributed by atoms with Crippen molar-refractivity contribution in [2.24, 2.45) is 0 Å². The molecule has 0 spiro atoms. The zero-order valence-electron chi connectivity index (χ0n) is 12.6. The maximum absolute atomic E-state index is 13.0. The molecule has 0 saturated heterocycles. The molecule has 0 aromatic heterocycles. The molecule has 112 valence electrons. The van der Waals surface area contributed by atoms with Crippen LogP contribution in [0, 0.1) is 12.7 Å². The van der Waals surface area contributed by atoms with Gasteiger partial charge in [-0.1, -0.05) is 29.8 Å². The highest BCUT2D eigenvalue weighted by Crippen LogP contribution is 2.20. The van der Waals surface area contributed by atoms with Gasteiger partial charge in [0.2, 0.25) is 0 Å². The lowest BCUT2D eigenvalue weighted by Crippen LogP contribution is -2.25. The molecule has 0 aliphatic rings. The summed E-state index contributed by atoms with van der Waals surface area (Å²) in [4.78, 5) is 2.14. The van der Waals surface area contributed by atoms with Gasteiger partial charge in [0.25, 0.3) is 0 Å². The van der Waals surface area contributed by atoms with Gasteiger partial charge in [0, 0.05) is 18.8 Å². The molecule has 0 radical (unpaired) electrons. The summed E-state index contributed by atoms with van der Waals surface area (Å²) in [5.74, 6) is -0.227. The third-order valence-corrected chi connectivity index (χ3v) is 3.71. The van der Waals surface area contributed by atoms with Crippen LogP contribution >= 0.6 is 0 Å². The van der Waals surface area contributed by atoms with E-state index in [4.69, 9.17) is 0 Å². The summed E-state index contributed by atoms with van der Waals surface area (Å²) in [7, 11) is 0. The molecule has 0 bridgehead atoms. The number of aliphatic hydroxyl groups is 1. The van der Waals surface area contributed by atoms with Crippen molar-refractivity contribution < 1.29 is 9.50 Å². The molecule has 0 saturated carbocycles. The van der Waals surface area contributed by atoms with Crippen molar-refractivity contribution in [1.29, 1.82) is 0 Å². The quantitative estimate of drug-likeness (QED) is 0.865. The second-order valence-electron chi connectivity index (χ2n) is 5.27. The van der Waals surface area contributed by atoms with Crippen LogP contribution in [0.1, 0.15) is 30.6 Å². The fraction of sp³-hybridized carbons (Fsp3) is 0.333. The number of anilines is 1. The van der Waals surface area contributed by atoms with Crippen LogP contribution < -0.4 is 4.90 Å². The van der Waals surface area contributed by atoms with Crippen LogP contribution in [0.15, 0.2) is 48.5 Å². The average molecular weight is 287 g/mol. The van der Waals surface area contributed by atoms with Crippen LogP contribution in [0.3, 0.4) is 0 Å². The van der Waals surface area contributed by atoms with Crippen molar-refractivity contribution in [3.8, 4) is 0 Å². The summed E-state index contributed by atoms with van der Waals surface area (Å²) in [5.41, 5.74) is 3.11. The summed E-state index contributed by atoms with van der Waals surface area (Å²) < 4.78 is 13.0. The Balaban J connectivity index is 1.96. The summed E-state index contributed by atoms with van der Waals surface area (Å²) in [6.07, 6.45) is 0.175. The van der Waals surface area contributed by atoms with Gasteiger partial charge in [0.05, 0.1) is 6.10 Å². The largest absolute Gasteiger partial charge is 0.388 e. The topological polar surface area (TPSA) is 23.5 Å². The zero-order chi connectivity index (χ0) is 15.2. The van der Waals surface area contributed by atoms with Gasteiger partial charge >= 0.3 is 0 Å². The molecule has 0 fully saturated rings. The van der Waals surface area contributed by atoms with E-state index in [1.165, 1.54) is 17.7 Å². The number of rotatable bonds is 6. The maximum atomic E-state index is 13.0. The van der Waals surface area contributed by atoms with Gasteiger partial charge in [0.15, 0.2) is 0 Å². The van der Waals surface area contributed by atoms with Crippen molar-refractivity contribution in [2.75, 3.05) is 18.0 Å². The molecule has 0 aliphatic carbocycles. The van der Waals surface area contributed by atoms with Gasteiger partial charge in [-0.25, -0.2) is 4.39 Å². The maximum Gasteiger partial charge on any atom is 0.123 e. The average Bonchev–Trinajstić information content (AvgIpc) is 2.50. The molecular weight excluding hydrogens is 265 g/mol. The monoisotopic (exact) mass is 287 g/mol. The number of halogens is 1. The van der Waals surface area contributed by atoms with Gasteiger partial charge < -0.3 is 10.0 Å². The van der Waals surface area contributed by atoms with Crippen molar-refractivity contribution in [3.05, 3.63) is 65.5 Å². The van der Waals surface area contributed by atoms with Gasteiger partial charge in [-0.15, -0.1) is 0 Å². The summed E-state index contributed by atoms with van der Waals surface area (Å²) in [6, 6.07) is 14.4. The molecule has 2 nitrogen and oxygen atoms in total. The standard InChI is InChI=1S/C18H22FNO/c1-3-20(17-10-8-16(19)9-11-17)13-12-18(21)15-6-4-14(2)5-7-15/h4-11,18,21H,3,12-13H2,1-2H3. The van der Waals surface area contributed by atoms with E-state index in [0.717, 1.165) is 24.3 Å². The van der Waals surface area contributed by atoms with Crippen molar-refractivity contribution >= 4 is 5.69 Å². The highest BCUT2D eigenvalue weighted by molar-refractivity contribution is 5.46. The number of hydrogen-bond acceptors (Lipinski definition) is 2. The fourth-order valence-corrected chi connectivity index (χ4v) is 2.36. The van der Waals surface area contributed by atoms with Crippen molar-refractivity contribution in [2.45, 2.75) is 26.4 Å². The molecule has 0 heterocycles. The first-order valence-electron chi connectivity index (χ1n) is 7.35. The molecule has 1 unspecified atom stereocenters. The van der Waals surface area contributed by atoms with Crippen LogP contribution in [0.4, 0.5) is 10.1 Å². The highest BCUT2D eigenvalue weighted by Gasteiger charge is 2.10. The molecule has 1 atom stereocenters. The van der Waals surface area contributed by atoms with Gasteiger partial charge in [-0.05, 0) is 50.1 Å². The van der Waals surface area contributed by atoms with Gasteiger partial charge in [-0.3, -0.25) is 0 Å². The van der Waals surface area contributed by atoms with E-state index in [2.05, 4.69) is 11.8 Å². The Morgan fingerprint density at radius 1 is 1.05 bits per heavy atom. The van der Waals surface area contributed by atoms with Crippen LogP contribution in [0.25, 0.3) is 0 Å². The van der Waals surface area contributed by atoms with E-state index in [9.17, 15) is 9.50 Å². The molecule has 0 amide bonds. The summed E-state index contributed by atoms with van der Waals surface area (Å²) >= 11 is 0. The number of hydrogen-bond donors (Lipinski definition) is 1. The third kappa shape index (κ3) is 4.30. The number of benzene rings is 2. The van der Waals surface area contributed by atoms with Crippen molar-refractivity contribution in [3.63, 3.8) is 0 Å². The van der Waals surface area contributed by atoms with E-state index in [0.29, 0.717) is 6.42 Å². The van der Waals surface area contributed by atoms with Gasteiger partial charge in [0.1, 0.15) is 5.82 Å². The van der Waals surface area contributed by atoms with Crippen LogP contribution in [-0.4, -0.2) is 18.2 Å². The third-order valence-electron chi connectivity index (χ3n) is 3.71. The van der Waals surface area contributed by atoms with Gasteiger partial charge in [-0.2, -0.15) is 0 Å². The molecule has 21 heavy (non-hydrogen) atoms. The van der Waals surface area contributed by atoms with Crippen LogP contribution in [0.2, 0.25) is 0 Å². The molecule has 3 heteroatoms. The summed E-state index contributed by atoms with van der Waals surface area (Å²) in [5, 5.41) is 10.3.